The zero-order valence-electron chi connectivity index (χ0n) is 10.9. The van der Waals surface area contributed by atoms with Gasteiger partial charge in [0.25, 0.3) is 0 Å². The van der Waals surface area contributed by atoms with Gasteiger partial charge in [-0.1, -0.05) is 18.2 Å². The van der Waals surface area contributed by atoms with Crippen molar-refractivity contribution in [2.24, 2.45) is 5.73 Å². The standard InChI is InChI=1S/C14H17N5/c1-11-9-17-14(18-10-11)19(8-7-13(15)16)12-5-3-2-4-6-12/h2-6,9-10H,7-8H2,1H3,(H3,15,16). The van der Waals surface area contributed by atoms with Crippen LogP contribution in [-0.4, -0.2) is 22.3 Å². The van der Waals surface area contributed by atoms with Crippen LogP contribution in [0.5, 0.6) is 0 Å². The molecule has 0 aliphatic rings. The van der Waals surface area contributed by atoms with Crippen LogP contribution in [0.3, 0.4) is 0 Å². The molecule has 0 amide bonds. The first kappa shape index (κ1) is 13.0. The predicted octanol–water partition coefficient (Wildman–Crippen LogP) is 2.25. The van der Waals surface area contributed by atoms with Crippen molar-refractivity contribution in [1.82, 2.24) is 9.97 Å². The first-order valence-electron chi connectivity index (χ1n) is 6.11. The molecule has 0 bridgehead atoms. The zero-order chi connectivity index (χ0) is 13.7. The van der Waals surface area contributed by atoms with E-state index in [2.05, 4.69) is 9.97 Å². The van der Waals surface area contributed by atoms with Gasteiger partial charge in [-0.3, -0.25) is 5.41 Å². The second-order valence-electron chi connectivity index (χ2n) is 4.32. The number of hydrogen-bond acceptors (Lipinski definition) is 4. The quantitative estimate of drug-likeness (QED) is 0.634. The van der Waals surface area contributed by atoms with Crippen molar-refractivity contribution in [2.75, 3.05) is 11.4 Å². The van der Waals surface area contributed by atoms with Crippen LogP contribution in [0.1, 0.15) is 12.0 Å². The molecule has 98 valence electrons. The number of nitrogens with zero attached hydrogens (tertiary/aromatic N) is 3. The first-order valence-corrected chi connectivity index (χ1v) is 6.11. The largest absolute Gasteiger partial charge is 0.388 e. The third-order valence-electron chi connectivity index (χ3n) is 2.68. The number of aryl methyl sites for hydroxylation is 1. The third kappa shape index (κ3) is 3.51. The fourth-order valence-corrected chi connectivity index (χ4v) is 1.71. The lowest BCUT2D eigenvalue weighted by Crippen LogP contribution is -2.25. The Balaban J connectivity index is 2.28. The van der Waals surface area contributed by atoms with Gasteiger partial charge < -0.3 is 10.6 Å². The zero-order valence-corrected chi connectivity index (χ0v) is 10.9. The molecule has 0 saturated carbocycles. The highest BCUT2D eigenvalue weighted by atomic mass is 15.2. The Morgan fingerprint density at radius 2 is 1.84 bits per heavy atom. The summed E-state index contributed by atoms with van der Waals surface area (Å²) in [6.07, 6.45) is 4.05. The van der Waals surface area contributed by atoms with Crippen molar-refractivity contribution >= 4 is 17.5 Å². The third-order valence-corrected chi connectivity index (χ3v) is 2.68. The van der Waals surface area contributed by atoms with Crippen molar-refractivity contribution in [2.45, 2.75) is 13.3 Å². The second kappa shape index (κ2) is 5.95. The van der Waals surface area contributed by atoms with Gasteiger partial charge in [0.05, 0.1) is 5.84 Å². The van der Waals surface area contributed by atoms with Crippen LogP contribution >= 0.6 is 0 Å². The minimum Gasteiger partial charge on any atom is -0.388 e. The van der Waals surface area contributed by atoms with E-state index in [0.717, 1.165) is 11.3 Å². The smallest absolute Gasteiger partial charge is 0.229 e. The molecule has 1 aromatic heterocycles. The Morgan fingerprint density at radius 1 is 1.21 bits per heavy atom. The SMILES string of the molecule is Cc1cnc(N(CCC(=N)N)c2ccccc2)nc1. The molecule has 0 spiro atoms. The van der Waals surface area contributed by atoms with Gasteiger partial charge in [-0.2, -0.15) is 0 Å². The highest BCUT2D eigenvalue weighted by Crippen LogP contribution is 2.21. The van der Waals surface area contributed by atoms with Crippen molar-refractivity contribution in [1.29, 1.82) is 5.41 Å². The van der Waals surface area contributed by atoms with Crippen LogP contribution in [0.4, 0.5) is 11.6 Å². The number of benzene rings is 1. The van der Waals surface area contributed by atoms with Gasteiger partial charge in [0.15, 0.2) is 0 Å². The number of aromatic nitrogens is 2. The van der Waals surface area contributed by atoms with Crippen molar-refractivity contribution in [3.63, 3.8) is 0 Å². The molecule has 19 heavy (non-hydrogen) atoms. The molecule has 2 aromatic rings. The number of rotatable bonds is 5. The van der Waals surface area contributed by atoms with Crippen LogP contribution in [0.2, 0.25) is 0 Å². The number of hydrogen-bond donors (Lipinski definition) is 2. The molecular weight excluding hydrogens is 238 g/mol. The fourth-order valence-electron chi connectivity index (χ4n) is 1.71. The maximum atomic E-state index is 7.36. The summed E-state index contributed by atoms with van der Waals surface area (Å²) in [5.41, 5.74) is 7.45. The molecular formula is C14H17N5. The predicted molar refractivity (Wildman–Crippen MR) is 76.7 cm³/mol. The number of nitrogens with one attached hydrogen (secondary N) is 1. The molecule has 1 aromatic carbocycles. The van der Waals surface area contributed by atoms with Gasteiger partial charge in [-0.05, 0) is 24.6 Å². The van der Waals surface area contributed by atoms with E-state index in [1.807, 2.05) is 42.2 Å². The number of anilines is 2. The Bertz CT molecular complexity index is 536. The number of nitrogens with two attached hydrogens (primary N) is 1. The van der Waals surface area contributed by atoms with Crippen LogP contribution in [0, 0.1) is 12.3 Å². The van der Waals surface area contributed by atoms with Crippen LogP contribution in [-0.2, 0) is 0 Å². The van der Waals surface area contributed by atoms with Gasteiger partial charge in [0.1, 0.15) is 0 Å². The van der Waals surface area contributed by atoms with Crippen LogP contribution < -0.4 is 10.6 Å². The molecule has 0 atom stereocenters. The molecule has 0 radical (unpaired) electrons. The highest BCUT2D eigenvalue weighted by Gasteiger charge is 2.11. The monoisotopic (exact) mass is 255 g/mol. The van der Waals surface area contributed by atoms with Crippen molar-refractivity contribution in [3.05, 3.63) is 48.3 Å². The average molecular weight is 255 g/mol. The minimum absolute atomic E-state index is 0.160. The Kier molecular flexibility index (Phi) is 4.07. The summed E-state index contributed by atoms with van der Waals surface area (Å²) >= 11 is 0. The van der Waals surface area contributed by atoms with Crippen LogP contribution in [0.15, 0.2) is 42.7 Å². The Labute approximate surface area is 112 Å². The lowest BCUT2D eigenvalue weighted by atomic mass is 10.2. The molecule has 2 rings (SSSR count). The minimum atomic E-state index is 0.160. The molecule has 0 aliphatic heterocycles. The molecule has 3 N–H and O–H groups in total. The molecule has 5 heteroatoms. The molecule has 5 nitrogen and oxygen atoms in total. The van der Waals surface area contributed by atoms with Crippen molar-refractivity contribution in [3.8, 4) is 0 Å². The first-order chi connectivity index (χ1) is 9.16. The maximum absolute atomic E-state index is 7.36. The number of amidine groups is 1. The lowest BCUT2D eigenvalue weighted by molar-refractivity contribution is 0.899. The van der Waals surface area contributed by atoms with Gasteiger partial charge >= 0.3 is 0 Å². The Hall–Kier alpha value is -2.43. The fraction of sp³-hybridized carbons (Fsp3) is 0.214. The summed E-state index contributed by atoms with van der Waals surface area (Å²) in [5.74, 6) is 0.783. The van der Waals surface area contributed by atoms with E-state index in [9.17, 15) is 0 Å². The second-order valence-corrected chi connectivity index (χ2v) is 4.32. The van der Waals surface area contributed by atoms with Crippen LogP contribution in [0.25, 0.3) is 0 Å². The molecule has 0 unspecified atom stereocenters. The summed E-state index contributed by atoms with van der Waals surface area (Å²) in [6.45, 7) is 2.54. The number of para-hydroxylation sites is 1. The van der Waals surface area contributed by atoms with E-state index in [0.29, 0.717) is 18.9 Å². The molecule has 0 aliphatic carbocycles. The summed E-state index contributed by atoms with van der Waals surface area (Å²) in [5, 5.41) is 7.36. The Morgan fingerprint density at radius 3 is 2.42 bits per heavy atom. The van der Waals surface area contributed by atoms with E-state index >= 15 is 0 Å². The highest BCUT2D eigenvalue weighted by molar-refractivity contribution is 5.77. The van der Waals surface area contributed by atoms with Gasteiger partial charge in [-0.15, -0.1) is 0 Å². The van der Waals surface area contributed by atoms with E-state index in [4.69, 9.17) is 11.1 Å². The lowest BCUT2D eigenvalue weighted by Gasteiger charge is -2.22. The summed E-state index contributed by atoms with van der Waals surface area (Å²) in [4.78, 5) is 10.6. The van der Waals surface area contributed by atoms with Gasteiger partial charge in [0.2, 0.25) is 5.95 Å². The van der Waals surface area contributed by atoms with E-state index in [1.165, 1.54) is 0 Å². The normalized spacial score (nSPS) is 10.2. The van der Waals surface area contributed by atoms with Crippen molar-refractivity contribution < 1.29 is 0 Å². The summed E-state index contributed by atoms with van der Waals surface area (Å²) in [6, 6.07) is 9.87. The average Bonchev–Trinajstić information content (AvgIpc) is 2.42. The molecule has 0 saturated heterocycles. The molecule has 1 heterocycles. The van der Waals surface area contributed by atoms with E-state index in [-0.39, 0.29) is 5.84 Å². The topological polar surface area (TPSA) is 78.9 Å². The van der Waals surface area contributed by atoms with Gasteiger partial charge in [0, 0.05) is 31.0 Å². The van der Waals surface area contributed by atoms with Gasteiger partial charge in [-0.25, -0.2) is 9.97 Å². The molecule has 0 fully saturated rings. The van der Waals surface area contributed by atoms with E-state index < -0.39 is 0 Å². The summed E-state index contributed by atoms with van der Waals surface area (Å²) < 4.78 is 0. The summed E-state index contributed by atoms with van der Waals surface area (Å²) in [7, 11) is 0. The maximum Gasteiger partial charge on any atom is 0.229 e. The van der Waals surface area contributed by atoms with E-state index in [1.54, 1.807) is 12.4 Å².